The van der Waals surface area contributed by atoms with Crippen LogP contribution < -0.4 is 5.73 Å². The molecule has 14 heavy (non-hydrogen) atoms. The summed E-state index contributed by atoms with van der Waals surface area (Å²) in [6.45, 7) is 4.31. The zero-order valence-corrected chi connectivity index (χ0v) is 8.20. The van der Waals surface area contributed by atoms with Crippen LogP contribution in [-0.4, -0.2) is 8.42 Å². The summed E-state index contributed by atoms with van der Waals surface area (Å²) >= 11 is 0. The molecule has 0 bridgehead atoms. The van der Waals surface area contributed by atoms with Crippen molar-refractivity contribution in [2.45, 2.75) is 4.90 Å². The summed E-state index contributed by atoms with van der Waals surface area (Å²) in [5.41, 5.74) is 5.91. The van der Waals surface area contributed by atoms with Crippen molar-refractivity contribution in [2.75, 3.05) is 5.73 Å². The van der Waals surface area contributed by atoms with Gasteiger partial charge in [-0.1, -0.05) is 6.08 Å². The summed E-state index contributed by atoms with van der Waals surface area (Å²) < 4.78 is 27.2. The Morgan fingerprint density at radius 3 is 2.36 bits per heavy atom. The number of nitrogen functional groups attached to an aromatic ring is 1. The van der Waals surface area contributed by atoms with Gasteiger partial charge in [0.25, 0.3) is 10.1 Å². The van der Waals surface area contributed by atoms with Crippen LogP contribution in [-0.2, 0) is 14.3 Å². The first kappa shape index (κ1) is 10.7. The van der Waals surface area contributed by atoms with Gasteiger partial charge in [-0.25, -0.2) is 0 Å². The lowest BCUT2D eigenvalue weighted by Crippen LogP contribution is -2.03. The van der Waals surface area contributed by atoms with E-state index in [0.29, 0.717) is 5.69 Å². The molecular formula is C9H10NO3S. The van der Waals surface area contributed by atoms with Crippen LogP contribution in [0.15, 0.2) is 41.8 Å². The van der Waals surface area contributed by atoms with Gasteiger partial charge in [0.1, 0.15) is 6.61 Å². The Kier molecular flexibility index (Phi) is 3.27. The predicted octanol–water partition coefficient (Wildman–Crippen LogP) is 1.32. The highest BCUT2D eigenvalue weighted by molar-refractivity contribution is 7.86. The molecule has 0 aliphatic heterocycles. The molecule has 5 heteroatoms. The third kappa shape index (κ3) is 2.58. The molecule has 75 valence electrons. The maximum absolute atomic E-state index is 11.4. The second-order valence-electron chi connectivity index (χ2n) is 2.49. The van der Waals surface area contributed by atoms with Crippen molar-refractivity contribution in [3.63, 3.8) is 0 Å². The van der Waals surface area contributed by atoms with Gasteiger partial charge in [-0.2, -0.15) is 8.42 Å². The largest absolute Gasteiger partial charge is 0.399 e. The van der Waals surface area contributed by atoms with Crippen molar-refractivity contribution >= 4 is 15.8 Å². The number of hydrogen-bond donors (Lipinski definition) is 1. The Morgan fingerprint density at radius 2 is 1.86 bits per heavy atom. The number of rotatable bonds is 4. The van der Waals surface area contributed by atoms with E-state index in [9.17, 15) is 8.42 Å². The summed E-state index contributed by atoms with van der Waals surface area (Å²) in [6.07, 6.45) is 1.24. The highest BCUT2D eigenvalue weighted by Crippen LogP contribution is 2.14. The highest BCUT2D eigenvalue weighted by Gasteiger charge is 2.13. The topological polar surface area (TPSA) is 69.4 Å². The normalized spacial score (nSPS) is 11.1. The summed E-state index contributed by atoms with van der Waals surface area (Å²) in [6, 6.07) is 5.73. The molecule has 0 saturated heterocycles. The van der Waals surface area contributed by atoms with E-state index < -0.39 is 10.1 Å². The SMILES string of the molecule is C=C[CH]OS(=O)(=O)c1ccc(N)cc1. The van der Waals surface area contributed by atoms with Crippen molar-refractivity contribution in [1.82, 2.24) is 0 Å². The van der Waals surface area contributed by atoms with Crippen molar-refractivity contribution in [3.05, 3.63) is 43.5 Å². The molecule has 1 radical (unpaired) electrons. The van der Waals surface area contributed by atoms with Gasteiger partial charge < -0.3 is 5.73 Å². The van der Waals surface area contributed by atoms with E-state index in [0.717, 1.165) is 6.61 Å². The highest BCUT2D eigenvalue weighted by atomic mass is 32.2. The quantitative estimate of drug-likeness (QED) is 0.603. The second kappa shape index (κ2) is 4.26. The molecule has 0 aliphatic carbocycles. The van der Waals surface area contributed by atoms with Crippen LogP contribution in [0.5, 0.6) is 0 Å². The molecule has 2 N–H and O–H groups in total. The second-order valence-corrected chi connectivity index (χ2v) is 4.06. The monoisotopic (exact) mass is 212 g/mol. The summed E-state index contributed by atoms with van der Waals surface area (Å²) in [5, 5.41) is 0. The minimum Gasteiger partial charge on any atom is -0.399 e. The van der Waals surface area contributed by atoms with E-state index in [2.05, 4.69) is 10.8 Å². The standard InChI is InChI=1S/C9H10NO3S/c1-2-7-13-14(11,12)9-5-3-8(10)4-6-9/h2-7H,1,10H2. The van der Waals surface area contributed by atoms with Crippen LogP contribution in [0.2, 0.25) is 0 Å². The number of anilines is 1. The molecule has 0 atom stereocenters. The molecule has 0 amide bonds. The van der Waals surface area contributed by atoms with E-state index in [1.807, 2.05) is 0 Å². The fourth-order valence-corrected chi connectivity index (χ4v) is 1.61. The van der Waals surface area contributed by atoms with Gasteiger partial charge >= 0.3 is 0 Å². The average molecular weight is 212 g/mol. The first-order valence-corrected chi connectivity index (χ1v) is 5.20. The Labute approximate surface area is 83.1 Å². The summed E-state index contributed by atoms with van der Waals surface area (Å²) in [4.78, 5) is 0.0600. The average Bonchev–Trinajstić information content (AvgIpc) is 2.16. The lowest BCUT2D eigenvalue weighted by atomic mass is 10.3. The van der Waals surface area contributed by atoms with Gasteiger partial charge in [-0.3, -0.25) is 4.18 Å². The molecule has 0 spiro atoms. The van der Waals surface area contributed by atoms with Crippen molar-refractivity contribution in [2.24, 2.45) is 0 Å². The Morgan fingerprint density at radius 1 is 1.29 bits per heavy atom. The van der Waals surface area contributed by atoms with E-state index in [1.54, 1.807) is 0 Å². The van der Waals surface area contributed by atoms with Gasteiger partial charge in [0, 0.05) is 5.69 Å². The van der Waals surface area contributed by atoms with Crippen molar-refractivity contribution in [1.29, 1.82) is 0 Å². The maximum atomic E-state index is 11.4. The molecule has 1 aromatic carbocycles. The van der Waals surface area contributed by atoms with Gasteiger partial charge in [0.05, 0.1) is 4.90 Å². The minimum absolute atomic E-state index is 0.0600. The first-order chi connectivity index (χ1) is 6.56. The first-order valence-electron chi connectivity index (χ1n) is 3.79. The van der Waals surface area contributed by atoms with Crippen LogP contribution in [0.1, 0.15) is 0 Å². The van der Waals surface area contributed by atoms with Crippen LogP contribution >= 0.6 is 0 Å². The molecular weight excluding hydrogens is 202 g/mol. The maximum Gasteiger partial charge on any atom is 0.297 e. The molecule has 0 aromatic heterocycles. The third-order valence-corrected chi connectivity index (χ3v) is 2.66. The molecule has 0 aliphatic rings. The van der Waals surface area contributed by atoms with Crippen LogP contribution in [0.25, 0.3) is 0 Å². The molecule has 0 saturated carbocycles. The summed E-state index contributed by atoms with van der Waals surface area (Å²) in [5.74, 6) is 0. The lowest BCUT2D eigenvalue weighted by Gasteiger charge is -2.02. The zero-order valence-electron chi connectivity index (χ0n) is 7.38. The molecule has 0 fully saturated rings. The molecule has 0 heterocycles. The van der Waals surface area contributed by atoms with Crippen LogP contribution in [0.3, 0.4) is 0 Å². The predicted molar refractivity (Wildman–Crippen MR) is 53.6 cm³/mol. The van der Waals surface area contributed by atoms with E-state index in [4.69, 9.17) is 5.73 Å². The van der Waals surface area contributed by atoms with Gasteiger partial charge in [0.15, 0.2) is 0 Å². The van der Waals surface area contributed by atoms with Gasteiger partial charge in [0.2, 0.25) is 0 Å². The lowest BCUT2D eigenvalue weighted by molar-refractivity contribution is 0.412. The van der Waals surface area contributed by atoms with Crippen LogP contribution in [0, 0.1) is 6.61 Å². The zero-order chi connectivity index (χ0) is 10.6. The molecule has 1 aromatic rings. The third-order valence-electron chi connectivity index (χ3n) is 1.45. The van der Waals surface area contributed by atoms with Crippen molar-refractivity contribution < 1.29 is 12.6 Å². The minimum atomic E-state index is -3.72. The fraction of sp³-hybridized carbons (Fsp3) is 0. The Hall–Kier alpha value is -1.33. The smallest absolute Gasteiger partial charge is 0.297 e. The fourth-order valence-electron chi connectivity index (χ4n) is 0.802. The number of benzene rings is 1. The van der Waals surface area contributed by atoms with Gasteiger partial charge in [-0.05, 0) is 24.3 Å². The Balaban J connectivity index is 2.93. The number of hydrogen-bond acceptors (Lipinski definition) is 4. The van der Waals surface area contributed by atoms with E-state index >= 15 is 0 Å². The number of nitrogens with two attached hydrogens (primary N) is 1. The van der Waals surface area contributed by atoms with E-state index in [-0.39, 0.29) is 4.90 Å². The Bertz CT molecular complexity index is 408. The van der Waals surface area contributed by atoms with Gasteiger partial charge in [-0.15, -0.1) is 6.58 Å². The summed E-state index contributed by atoms with van der Waals surface area (Å²) in [7, 11) is -3.72. The molecule has 0 unspecified atom stereocenters. The van der Waals surface area contributed by atoms with Crippen molar-refractivity contribution in [3.8, 4) is 0 Å². The van der Waals surface area contributed by atoms with Crippen LogP contribution in [0.4, 0.5) is 5.69 Å². The van der Waals surface area contributed by atoms with E-state index in [1.165, 1.54) is 30.3 Å². The molecule has 1 rings (SSSR count). The molecule has 4 nitrogen and oxygen atoms in total.